The Morgan fingerprint density at radius 2 is 2.24 bits per heavy atom. The second kappa shape index (κ2) is 6.79. The van der Waals surface area contributed by atoms with Crippen molar-refractivity contribution in [2.45, 2.75) is 55.2 Å². The number of carbonyl (C=O) groups is 1. The van der Waals surface area contributed by atoms with Crippen LogP contribution in [0.4, 0.5) is 0 Å². The monoisotopic (exact) mass is 306 g/mol. The van der Waals surface area contributed by atoms with Gasteiger partial charge in [-0.2, -0.15) is 0 Å². The molecule has 1 aromatic rings. The second-order valence-electron chi connectivity index (χ2n) is 5.98. The fourth-order valence-electron chi connectivity index (χ4n) is 3.32. The summed E-state index contributed by atoms with van der Waals surface area (Å²) in [4.78, 5) is 16.2. The summed E-state index contributed by atoms with van der Waals surface area (Å²) in [5, 5.41) is 4.00. The molecule has 1 aromatic heterocycles. The molecule has 2 heterocycles. The smallest absolute Gasteiger partial charge is 0.230 e. The van der Waals surface area contributed by atoms with Crippen molar-refractivity contribution in [3.8, 4) is 0 Å². The number of thioether (sulfide) groups is 1. The third-order valence-electron chi connectivity index (χ3n) is 4.33. The summed E-state index contributed by atoms with van der Waals surface area (Å²) in [6.07, 6.45) is 8.88. The molecule has 2 fully saturated rings. The van der Waals surface area contributed by atoms with Crippen molar-refractivity contribution in [1.29, 1.82) is 0 Å². The van der Waals surface area contributed by atoms with E-state index in [4.69, 9.17) is 4.74 Å². The molecule has 0 aromatic carbocycles. The van der Waals surface area contributed by atoms with Crippen LogP contribution in [0.15, 0.2) is 29.4 Å². The molecular formula is C16H22N2O2S. The van der Waals surface area contributed by atoms with Crippen LogP contribution in [0.5, 0.6) is 0 Å². The lowest BCUT2D eigenvalue weighted by atomic mass is 9.82. The van der Waals surface area contributed by atoms with Crippen LogP contribution in [0, 0.1) is 0 Å². The lowest BCUT2D eigenvalue weighted by Gasteiger charge is -2.32. The molecule has 3 rings (SSSR count). The van der Waals surface area contributed by atoms with Crippen molar-refractivity contribution in [2.24, 2.45) is 0 Å². The van der Waals surface area contributed by atoms with E-state index in [0.29, 0.717) is 12.4 Å². The van der Waals surface area contributed by atoms with E-state index in [1.807, 2.05) is 18.2 Å². The third kappa shape index (κ3) is 3.98. The van der Waals surface area contributed by atoms with Crippen LogP contribution in [-0.2, 0) is 9.53 Å². The zero-order valence-corrected chi connectivity index (χ0v) is 13.0. The maximum Gasteiger partial charge on any atom is 0.230 e. The number of hydrogen-bond donors (Lipinski definition) is 1. The summed E-state index contributed by atoms with van der Waals surface area (Å²) >= 11 is 1.48. The molecule has 4 nitrogen and oxygen atoms in total. The van der Waals surface area contributed by atoms with Gasteiger partial charge in [0.25, 0.3) is 0 Å². The maximum atomic E-state index is 12.0. The van der Waals surface area contributed by atoms with E-state index in [-0.39, 0.29) is 17.6 Å². The van der Waals surface area contributed by atoms with Gasteiger partial charge in [0, 0.05) is 6.20 Å². The van der Waals surface area contributed by atoms with Crippen LogP contribution in [-0.4, -0.2) is 34.9 Å². The zero-order chi connectivity index (χ0) is 14.5. The first-order valence-corrected chi connectivity index (χ1v) is 8.72. The van der Waals surface area contributed by atoms with Crippen LogP contribution >= 0.6 is 11.8 Å². The summed E-state index contributed by atoms with van der Waals surface area (Å²) in [7, 11) is 0. The predicted molar refractivity (Wildman–Crippen MR) is 83.3 cm³/mol. The summed E-state index contributed by atoms with van der Waals surface area (Å²) in [6, 6.07) is 5.92. The lowest BCUT2D eigenvalue weighted by molar-refractivity contribution is -0.119. The molecule has 5 heteroatoms. The summed E-state index contributed by atoms with van der Waals surface area (Å²) < 4.78 is 6.02. The van der Waals surface area contributed by atoms with Gasteiger partial charge in [-0.15, -0.1) is 0 Å². The molecular weight excluding hydrogens is 284 g/mol. The number of nitrogens with zero attached hydrogens (tertiary/aromatic N) is 1. The number of pyridine rings is 1. The molecule has 1 saturated heterocycles. The van der Waals surface area contributed by atoms with Gasteiger partial charge < -0.3 is 10.1 Å². The van der Waals surface area contributed by atoms with E-state index >= 15 is 0 Å². The molecule has 0 radical (unpaired) electrons. The second-order valence-corrected chi connectivity index (χ2v) is 6.98. The molecule has 0 bridgehead atoms. The van der Waals surface area contributed by atoms with Crippen LogP contribution in [0.25, 0.3) is 0 Å². The Labute approximate surface area is 130 Å². The van der Waals surface area contributed by atoms with Crippen LogP contribution < -0.4 is 5.32 Å². The third-order valence-corrected chi connectivity index (χ3v) is 5.27. The van der Waals surface area contributed by atoms with E-state index < -0.39 is 0 Å². The molecule has 1 atom stereocenters. The molecule has 1 aliphatic carbocycles. The Balaban J connectivity index is 1.43. The van der Waals surface area contributed by atoms with Gasteiger partial charge in [-0.3, -0.25) is 4.79 Å². The number of hydrogen-bond acceptors (Lipinski definition) is 4. The molecule has 1 aliphatic heterocycles. The molecule has 114 valence electrons. The Bertz CT molecular complexity index is 474. The summed E-state index contributed by atoms with van der Waals surface area (Å²) in [6.45, 7) is 0.667. The Hall–Kier alpha value is -1.07. The fraction of sp³-hybridized carbons (Fsp3) is 0.625. The maximum absolute atomic E-state index is 12.0. The van der Waals surface area contributed by atoms with E-state index in [9.17, 15) is 4.79 Å². The first-order chi connectivity index (χ1) is 10.3. The van der Waals surface area contributed by atoms with Gasteiger partial charge in [0.05, 0.1) is 29.0 Å². The van der Waals surface area contributed by atoms with Crippen molar-refractivity contribution in [3.63, 3.8) is 0 Å². The highest BCUT2D eigenvalue weighted by Gasteiger charge is 2.41. The van der Waals surface area contributed by atoms with Crippen LogP contribution in [0.2, 0.25) is 0 Å². The number of ether oxygens (including phenoxy) is 1. The molecule has 0 unspecified atom stereocenters. The van der Waals surface area contributed by atoms with E-state index in [2.05, 4.69) is 10.3 Å². The minimum Gasteiger partial charge on any atom is -0.373 e. The van der Waals surface area contributed by atoms with Gasteiger partial charge >= 0.3 is 0 Å². The average Bonchev–Trinajstić information content (AvgIpc) is 2.89. The standard InChI is InChI=1S/C16H22N2O2S/c19-14(12-21-15-6-2-5-9-17-15)18-13-10-16(20-11-13)7-3-1-4-8-16/h2,5-6,9,13H,1,3-4,7-8,10-12H2,(H,18,19)/t13-/m0/s1. The van der Waals surface area contributed by atoms with Gasteiger partial charge in [-0.05, 0) is 31.4 Å². The SMILES string of the molecule is O=C(CSc1ccccn1)N[C@@H]1COC2(CCCCC2)C1. The highest BCUT2D eigenvalue weighted by molar-refractivity contribution is 7.99. The van der Waals surface area contributed by atoms with Gasteiger partial charge in [0.15, 0.2) is 0 Å². The molecule has 1 saturated carbocycles. The van der Waals surface area contributed by atoms with Crippen molar-refractivity contribution in [3.05, 3.63) is 24.4 Å². The number of aromatic nitrogens is 1. The first kappa shape index (κ1) is 14.9. The predicted octanol–water partition coefficient (Wildman–Crippen LogP) is 2.78. The van der Waals surface area contributed by atoms with Crippen LogP contribution in [0.1, 0.15) is 38.5 Å². The van der Waals surface area contributed by atoms with Crippen molar-refractivity contribution in [1.82, 2.24) is 10.3 Å². The highest BCUT2D eigenvalue weighted by Crippen LogP contribution is 2.39. The molecule has 1 spiro atoms. The quantitative estimate of drug-likeness (QED) is 0.869. The number of amides is 1. The highest BCUT2D eigenvalue weighted by atomic mass is 32.2. The minimum atomic E-state index is 0.0598. The van der Waals surface area contributed by atoms with E-state index in [1.54, 1.807) is 6.20 Å². The normalized spacial score (nSPS) is 24.1. The topological polar surface area (TPSA) is 51.2 Å². The Morgan fingerprint density at radius 1 is 1.38 bits per heavy atom. The summed E-state index contributed by atoms with van der Waals surface area (Å²) in [5.41, 5.74) is 0.0598. The van der Waals surface area contributed by atoms with Gasteiger partial charge in [0.1, 0.15) is 0 Å². The summed E-state index contributed by atoms with van der Waals surface area (Å²) in [5.74, 6) is 0.493. The molecule has 1 N–H and O–H groups in total. The lowest BCUT2D eigenvalue weighted by Crippen LogP contribution is -2.38. The van der Waals surface area contributed by atoms with Crippen molar-refractivity contribution >= 4 is 17.7 Å². The van der Waals surface area contributed by atoms with Gasteiger partial charge in [-0.1, -0.05) is 37.1 Å². The Kier molecular flexibility index (Phi) is 4.80. The van der Waals surface area contributed by atoms with E-state index in [0.717, 1.165) is 24.3 Å². The molecule has 2 aliphatic rings. The van der Waals surface area contributed by atoms with E-state index in [1.165, 1.54) is 31.0 Å². The van der Waals surface area contributed by atoms with Gasteiger partial charge in [0.2, 0.25) is 5.91 Å². The fourth-order valence-corrected chi connectivity index (χ4v) is 4.00. The zero-order valence-electron chi connectivity index (χ0n) is 12.2. The Morgan fingerprint density at radius 3 is 3.00 bits per heavy atom. The number of carbonyl (C=O) groups excluding carboxylic acids is 1. The molecule has 1 amide bonds. The van der Waals surface area contributed by atoms with Crippen LogP contribution in [0.3, 0.4) is 0 Å². The number of nitrogens with one attached hydrogen (secondary N) is 1. The van der Waals surface area contributed by atoms with Crippen molar-refractivity contribution in [2.75, 3.05) is 12.4 Å². The first-order valence-electron chi connectivity index (χ1n) is 7.73. The average molecular weight is 306 g/mol. The largest absolute Gasteiger partial charge is 0.373 e. The minimum absolute atomic E-state index is 0.0598. The molecule has 21 heavy (non-hydrogen) atoms. The number of rotatable bonds is 4. The van der Waals surface area contributed by atoms with Crippen molar-refractivity contribution < 1.29 is 9.53 Å². The van der Waals surface area contributed by atoms with Gasteiger partial charge in [-0.25, -0.2) is 4.98 Å².